The largest absolute Gasteiger partial charge is 0.488 e. The third-order valence-electron chi connectivity index (χ3n) is 6.48. The predicted octanol–water partition coefficient (Wildman–Crippen LogP) is 4.59. The van der Waals surface area contributed by atoms with Gasteiger partial charge in [0.25, 0.3) is 5.91 Å². The fourth-order valence-electron chi connectivity index (χ4n) is 4.71. The molecule has 0 radical (unpaired) electrons. The van der Waals surface area contributed by atoms with Gasteiger partial charge in [0.2, 0.25) is 0 Å². The molecule has 186 valence electrons. The minimum atomic E-state index is -0.917. The molecule has 2 heterocycles. The van der Waals surface area contributed by atoms with Gasteiger partial charge in [0.1, 0.15) is 18.1 Å². The van der Waals surface area contributed by atoms with Crippen LogP contribution in [0.25, 0.3) is 10.9 Å². The highest BCUT2D eigenvalue weighted by molar-refractivity contribution is 6.04. The number of nitrogens with zero attached hydrogens (tertiary/aromatic N) is 2. The maximum atomic E-state index is 13.4. The topological polar surface area (TPSA) is 114 Å². The number of rotatable bonds is 6. The molecule has 0 amide bonds. The third kappa shape index (κ3) is 4.77. The van der Waals surface area contributed by atoms with Crippen LogP contribution in [0.5, 0.6) is 11.5 Å². The van der Waals surface area contributed by atoms with Crippen molar-refractivity contribution in [2.45, 2.75) is 32.5 Å². The molecule has 2 N–H and O–H groups in total. The van der Waals surface area contributed by atoms with Gasteiger partial charge in [-0.2, -0.15) is 5.26 Å². The average Bonchev–Trinajstić information content (AvgIpc) is 3.23. The number of hydrogen-bond donors (Lipinski definition) is 2. The zero-order valence-corrected chi connectivity index (χ0v) is 20.4. The van der Waals surface area contributed by atoms with Crippen LogP contribution in [0.4, 0.5) is 0 Å². The second-order valence-electron chi connectivity index (χ2n) is 9.04. The van der Waals surface area contributed by atoms with E-state index < -0.39 is 12.2 Å². The molecule has 37 heavy (non-hydrogen) atoms. The van der Waals surface area contributed by atoms with Crippen molar-refractivity contribution in [3.05, 3.63) is 94.7 Å². The quantitative estimate of drug-likeness (QED) is 0.402. The molecule has 0 aliphatic carbocycles. The van der Waals surface area contributed by atoms with Gasteiger partial charge in [0, 0.05) is 28.2 Å². The molecule has 0 bridgehead atoms. The number of hydrogen-bond acceptors (Lipinski definition) is 6. The third-order valence-corrected chi connectivity index (χ3v) is 6.48. The molecule has 2 atom stereocenters. The number of ether oxygens (including phenoxy) is 2. The highest BCUT2D eigenvalue weighted by atomic mass is 16.5. The van der Waals surface area contributed by atoms with Gasteiger partial charge in [-0.1, -0.05) is 18.2 Å². The van der Waals surface area contributed by atoms with Crippen molar-refractivity contribution in [1.82, 2.24) is 9.88 Å². The summed E-state index contributed by atoms with van der Waals surface area (Å²) in [5.41, 5.74) is 4.08. The standard InChI is InChI=1S/C29H25N3O5/c1-17-12-24-21(14-28(33)34)4-3-5-25(24)32(17)29(35)20-7-9-22(10-8-20)36-16-27-31-18(2)23-11-6-19(15-30)13-26(23)37-27/h3-13,18,27,31H,14,16H2,1-2H3,(H,33,34). The number of aliphatic carboxylic acids is 1. The lowest BCUT2D eigenvalue weighted by Crippen LogP contribution is -2.44. The minimum Gasteiger partial charge on any atom is -0.488 e. The van der Waals surface area contributed by atoms with E-state index in [0.29, 0.717) is 33.7 Å². The zero-order chi connectivity index (χ0) is 26.1. The molecule has 2 unspecified atom stereocenters. The summed E-state index contributed by atoms with van der Waals surface area (Å²) in [6, 6.07) is 21.6. The molecule has 1 aromatic heterocycles. The Morgan fingerprint density at radius 1 is 1.14 bits per heavy atom. The van der Waals surface area contributed by atoms with E-state index in [-0.39, 0.29) is 25.0 Å². The summed E-state index contributed by atoms with van der Waals surface area (Å²) in [4.78, 5) is 24.6. The molecular formula is C29H25N3O5. The van der Waals surface area contributed by atoms with Crippen molar-refractivity contribution < 1.29 is 24.2 Å². The SMILES string of the molecule is Cc1cc2c(CC(=O)O)cccc2n1C(=O)c1ccc(OCC2NC(C)c3ccc(C#N)cc3O2)cc1. The van der Waals surface area contributed by atoms with Crippen LogP contribution in [0.1, 0.15) is 45.7 Å². The lowest BCUT2D eigenvalue weighted by Gasteiger charge is -2.31. The number of fused-ring (bicyclic) bond motifs is 2. The van der Waals surface area contributed by atoms with Crippen LogP contribution < -0.4 is 14.8 Å². The van der Waals surface area contributed by atoms with Gasteiger partial charge in [0.05, 0.1) is 23.6 Å². The fourth-order valence-corrected chi connectivity index (χ4v) is 4.71. The summed E-state index contributed by atoms with van der Waals surface area (Å²) >= 11 is 0. The van der Waals surface area contributed by atoms with Crippen molar-refractivity contribution in [2.75, 3.05) is 6.61 Å². The number of carbonyl (C=O) groups is 2. The van der Waals surface area contributed by atoms with E-state index in [1.807, 2.05) is 32.0 Å². The van der Waals surface area contributed by atoms with Crippen molar-refractivity contribution in [3.8, 4) is 17.6 Å². The maximum absolute atomic E-state index is 13.4. The Morgan fingerprint density at radius 2 is 1.92 bits per heavy atom. The number of carboxylic acid groups (broad SMARTS) is 1. The molecular weight excluding hydrogens is 470 g/mol. The van der Waals surface area contributed by atoms with E-state index in [9.17, 15) is 14.7 Å². The van der Waals surface area contributed by atoms with Gasteiger partial charge >= 0.3 is 5.97 Å². The molecule has 0 saturated carbocycles. The number of carboxylic acids is 1. The molecule has 1 aliphatic heterocycles. The molecule has 8 nitrogen and oxygen atoms in total. The Labute approximate surface area is 213 Å². The van der Waals surface area contributed by atoms with Gasteiger partial charge in [-0.15, -0.1) is 0 Å². The lowest BCUT2D eigenvalue weighted by molar-refractivity contribution is -0.136. The monoisotopic (exact) mass is 495 g/mol. The Hall–Kier alpha value is -4.61. The van der Waals surface area contributed by atoms with Gasteiger partial charge in [-0.3, -0.25) is 19.5 Å². The lowest BCUT2D eigenvalue weighted by atomic mass is 10.0. The zero-order valence-electron chi connectivity index (χ0n) is 20.4. The molecule has 0 spiro atoms. The van der Waals surface area contributed by atoms with E-state index in [1.165, 1.54) is 0 Å². The first-order valence-corrected chi connectivity index (χ1v) is 11.9. The predicted molar refractivity (Wildman–Crippen MR) is 137 cm³/mol. The number of aromatic nitrogens is 1. The number of aryl methyl sites for hydroxylation is 1. The maximum Gasteiger partial charge on any atom is 0.307 e. The summed E-state index contributed by atoms with van der Waals surface area (Å²) in [6.45, 7) is 4.09. The summed E-state index contributed by atoms with van der Waals surface area (Å²) in [5, 5.41) is 22.5. The summed E-state index contributed by atoms with van der Waals surface area (Å²) in [5.74, 6) is 0.131. The van der Waals surface area contributed by atoms with E-state index in [1.54, 1.807) is 53.1 Å². The van der Waals surface area contributed by atoms with Crippen molar-refractivity contribution >= 4 is 22.8 Å². The summed E-state index contributed by atoms with van der Waals surface area (Å²) in [7, 11) is 0. The highest BCUT2D eigenvalue weighted by Gasteiger charge is 2.25. The van der Waals surface area contributed by atoms with Crippen molar-refractivity contribution in [1.29, 1.82) is 5.26 Å². The van der Waals surface area contributed by atoms with Gasteiger partial charge in [0.15, 0.2) is 6.23 Å². The summed E-state index contributed by atoms with van der Waals surface area (Å²) < 4.78 is 13.5. The first-order valence-electron chi connectivity index (χ1n) is 11.9. The molecule has 3 aromatic carbocycles. The Bertz CT molecular complexity index is 1550. The second-order valence-corrected chi connectivity index (χ2v) is 9.04. The molecule has 4 aromatic rings. The van der Waals surface area contributed by atoms with E-state index >= 15 is 0 Å². The van der Waals surface area contributed by atoms with Crippen LogP contribution >= 0.6 is 0 Å². The second kappa shape index (κ2) is 9.80. The van der Waals surface area contributed by atoms with Crippen molar-refractivity contribution in [2.24, 2.45) is 0 Å². The first kappa shape index (κ1) is 24.1. The van der Waals surface area contributed by atoms with Crippen LogP contribution in [0.2, 0.25) is 0 Å². The first-order chi connectivity index (χ1) is 17.8. The molecule has 8 heteroatoms. The van der Waals surface area contributed by atoms with Crippen LogP contribution in [0.3, 0.4) is 0 Å². The Morgan fingerprint density at radius 3 is 2.65 bits per heavy atom. The number of benzene rings is 3. The minimum absolute atomic E-state index is 0.0424. The average molecular weight is 496 g/mol. The van der Waals surface area contributed by atoms with Gasteiger partial charge < -0.3 is 14.6 Å². The Balaban J connectivity index is 1.29. The van der Waals surface area contributed by atoms with Crippen LogP contribution in [0, 0.1) is 18.3 Å². The smallest absolute Gasteiger partial charge is 0.307 e. The van der Waals surface area contributed by atoms with E-state index in [2.05, 4.69) is 11.4 Å². The van der Waals surface area contributed by atoms with Crippen LogP contribution in [-0.2, 0) is 11.2 Å². The normalized spacial score (nSPS) is 16.5. The molecule has 5 rings (SSSR count). The number of carbonyl (C=O) groups excluding carboxylic acids is 1. The van der Waals surface area contributed by atoms with E-state index in [0.717, 1.165) is 16.6 Å². The number of nitrogens with one attached hydrogen (secondary N) is 1. The summed E-state index contributed by atoms with van der Waals surface area (Å²) in [6.07, 6.45) is -0.503. The van der Waals surface area contributed by atoms with Crippen LogP contribution in [-0.4, -0.2) is 34.4 Å². The molecule has 1 aliphatic rings. The number of nitriles is 1. The highest BCUT2D eigenvalue weighted by Crippen LogP contribution is 2.31. The van der Waals surface area contributed by atoms with Gasteiger partial charge in [-0.05, 0) is 67.9 Å². The molecule has 0 saturated heterocycles. The molecule has 0 fully saturated rings. The Kier molecular flexibility index (Phi) is 6.38. The van der Waals surface area contributed by atoms with Gasteiger partial charge in [-0.25, -0.2) is 0 Å². The van der Waals surface area contributed by atoms with E-state index in [4.69, 9.17) is 14.7 Å². The fraction of sp³-hybridized carbons (Fsp3) is 0.207. The van der Waals surface area contributed by atoms with Crippen molar-refractivity contribution in [3.63, 3.8) is 0 Å². The van der Waals surface area contributed by atoms with Crippen LogP contribution in [0.15, 0.2) is 66.7 Å².